The first-order chi connectivity index (χ1) is 7.90. The van der Waals surface area contributed by atoms with Crippen LogP contribution >= 0.6 is 0 Å². The van der Waals surface area contributed by atoms with Gasteiger partial charge in [-0.2, -0.15) is 0 Å². The summed E-state index contributed by atoms with van der Waals surface area (Å²) >= 11 is 0. The number of nitrogens with zero attached hydrogens (tertiary/aromatic N) is 1. The van der Waals surface area contributed by atoms with Crippen molar-refractivity contribution in [1.82, 2.24) is 4.57 Å². The van der Waals surface area contributed by atoms with E-state index >= 15 is 0 Å². The van der Waals surface area contributed by atoms with Gasteiger partial charge in [-0.15, -0.1) is 0 Å². The van der Waals surface area contributed by atoms with Gasteiger partial charge in [-0.05, 0) is 17.9 Å². The molecule has 0 atom stereocenters. The summed E-state index contributed by atoms with van der Waals surface area (Å²) in [4.78, 5) is 0. The fourth-order valence-electron chi connectivity index (χ4n) is 2.40. The van der Waals surface area contributed by atoms with Crippen LogP contribution in [0.3, 0.4) is 0 Å². The molecular weight excluding hydrogens is 194 g/mol. The molecule has 1 aromatic heterocycles. The van der Waals surface area contributed by atoms with Crippen LogP contribution in [0.15, 0.2) is 48.7 Å². The molecule has 0 saturated heterocycles. The second kappa shape index (κ2) is 3.67. The average Bonchev–Trinajstić information content (AvgIpc) is 2.73. The van der Waals surface area contributed by atoms with Crippen molar-refractivity contribution in [2.24, 2.45) is 0 Å². The molecule has 0 aliphatic rings. The number of hydrogen-bond donors (Lipinski definition) is 0. The normalized spacial score (nSPS) is 11.3. The van der Waals surface area contributed by atoms with Gasteiger partial charge in [0.05, 0.1) is 5.52 Å². The summed E-state index contributed by atoms with van der Waals surface area (Å²) in [5.41, 5.74) is 1.37. The van der Waals surface area contributed by atoms with Gasteiger partial charge in [0.25, 0.3) is 0 Å². The Hall–Kier alpha value is -1.76. The first-order valence-electron chi connectivity index (χ1n) is 5.87. The van der Waals surface area contributed by atoms with E-state index in [0.717, 1.165) is 6.54 Å². The smallest absolute Gasteiger partial charge is 0.0559 e. The first-order valence-corrected chi connectivity index (χ1v) is 5.87. The number of rotatable bonds is 2. The molecule has 0 amide bonds. The molecule has 2 aromatic carbocycles. The van der Waals surface area contributed by atoms with E-state index in [1.165, 1.54) is 28.1 Å². The van der Waals surface area contributed by atoms with Crippen molar-refractivity contribution in [1.29, 1.82) is 0 Å². The van der Waals surface area contributed by atoms with Gasteiger partial charge in [-0.3, -0.25) is 0 Å². The highest BCUT2D eigenvalue weighted by molar-refractivity contribution is 6.05. The topological polar surface area (TPSA) is 4.93 Å². The third-order valence-electron chi connectivity index (χ3n) is 3.12. The van der Waals surface area contributed by atoms with Crippen molar-refractivity contribution in [3.8, 4) is 0 Å². The predicted octanol–water partition coefficient (Wildman–Crippen LogP) is 4.20. The zero-order valence-corrected chi connectivity index (χ0v) is 9.48. The lowest BCUT2D eigenvalue weighted by molar-refractivity contribution is 0.705. The Morgan fingerprint density at radius 2 is 1.75 bits per heavy atom. The molecule has 1 nitrogen and oxygen atoms in total. The van der Waals surface area contributed by atoms with E-state index < -0.39 is 0 Å². The van der Waals surface area contributed by atoms with E-state index in [0.29, 0.717) is 0 Å². The van der Waals surface area contributed by atoms with E-state index in [2.05, 4.69) is 60.2 Å². The lowest BCUT2D eigenvalue weighted by Gasteiger charge is -2.06. The van der Waals surface area contributed by atoms with Crippen molar-refractivity contribution in [2.45, 2.75) is 19.9 Å². The minimum absolute atomic E-state index is 1.09. The fraction of sp³-hybridized carbons (Fsp3) is 0.200. The minimum Gasteiger partial charge on any atom is -0.347 e. The van der Waals surface area contributed by atoms with Crippen molar-refractivity contribution < 1.29 is 0 Å². The van der Waals surface area contributed by atoms with Crippen LogP contribution < -0.4 is 0 Å². The Bertz CT molecular complexity index is 634. The summed E-state index contributed by atoms with van der Waals surface area (Å²) < 4.78 is 2.36. The van der Waals surface area contributed by atoms with Crippen LogP contribution in [0.4, 0.5) is 0 Å². The maximum Gasteiger partial charge on any atom is 0.0559 e. The van der Waals surface area contributed by atoms with Gasteiger partial charge >= 0.3 is 0 Å². The number of fused-ring (bicyclic) bond motifs is 3. The van der Waals surface area contributed by atoms with E-state index in [4.69, 9.17) is 0 Å². The molecule has 3 rings (SSSR count). The summed E-state index contributed by atoms with van der Waals surface area (Å²) in [5.74, 6) is 0. The molecule has 0 fully saturated rings. The second-order valence-electron chi connectivity index (χ2n) is 4.23. The monoisotopic (exact) mass is 209 g/mol. The van der Waals surface area contributed by atoms with Crippen LogP contribution in [0.5, 0.6) is 0 Å². The van der Waals surface area contributed by atoms with Crippen LogP contribution in [0, 0.1) is 0 Å². The van der Waals surface area contributed by atoms with Gasteiger partial charge in [-0.25, -0.2) is 0 Å². The zero-order chi connectivity index (χ0) is 11.0. The van der Waals surface area contributed by atoms with Gasteiger partial charge in [-0.1, -0.05) is 43.3 Å². The van der Waals surface area contributed by atoms with E-state index in [9.17, 15) is 0 Å². The molecule has 80 valence electrons. The van der Waals surface area contributed by atoms with Crippen molar-refractivity contribution in [3.05, 3.63) is 48.7 Å². The summed E-state index contributed by atoms with van der Waals surface area (Å²) in [7, 11) is 0. The summed E-state index contributed by atoms with van der Waals surface area (Å²) in [6.45, 7) is 3.31. The molecule has 0 spiro atoms. The Labute approximate surface area is 95.3 Å². The standard InChI is InChI=1S/C15H15N/c1-2-10-16-11-9-13-8-7-12-5-3-4-6-14(12)15(13)16/h3-9,11H,2,10H2,1H3. The summed E-state index contributed by atoms with van der Waals surface area (Å²) in [6, 6.07) is 15.2. The number of benzene rings is 2. The van der Waals surface area contributed by atoms with Crippen LogP contribution in [-0.4, -0.2) is 4.57 Å². The SMILES string of the molecule is CCCn1ccc2ccc3ccccc3c21. The quantitative estimate of drug-likeness (QED) is 0.596. The fourth-order valence-corrected chi connectivity index (χ4v) is 2.40. The largest absolute Gasteiger partial charge is 0.347 e. The second-order valence-corrected chi connectivity index (χ2v) is 4.23. The molecule has 0 aliphatic carbocycles. The molecule has 0 bridgehead atoms. The lowest BCUT2D eigenvalue weighted by atomic mass is 10.1. The minimum atomic E-state index is 1.09. The molecular formula is C15H15N. The summed E-state index contributed by atoms with van der Waals surface area (Å²) in [6.07, 6.45) is 3.37. The highest BCUT2D eigenvalue weighted by Gasteiger charge is 2.04. The van der Waals surface area contributed by atoms with Gasteiger partial charge < -0.3 is 4.57 Å². The Balaban J connectivity index is 2.42. The van der Waals surface area contributed by atoms with Crippen LogP contribution in [-0.2, 0) is 6.54 Å². The number of aromatic nitrogens is 1. The molecule has 0 unspecified atom stereocenters. The van der Waals surface area contributed by atoms with Gasteiger partial charge in [0.15, 0.2) is 0 Å². The van der Waals surface area contributed by atoms with E-state index in [1.807, 2.05) is 0 Å². The third-order valence-corrected chi connectivity index (χ3v) is 3.12. The molecule has 0 saturated carbocycles. The zero-order valence-electron chi connectivity index (χ0n) is 9.48. The van der Waals surface area contributed by atoms with Crippen molar-refractivity contribution in [2.75, 3.05) is 0 Å². The third kappa shape index (κ3) is 1.32. The maximum atomic E-state index is 2.36. The molecule has 0 aliphatic heterocycles. The highest BCUT2D eigenvalue weighted by atomic mass is 14.9. The average molecular weight is 209 g/mol. The molecule has 1 heterocycles. The highest BCUT2D eigenvalue weighted by Crippen LogP contribution is 2.26. The molecule has 3 aromatic rings. The Morgan fingerprint density at radius 1 is 0.938 bits per heavy atom. The lowest BCUT2D eigenvalue weighted by Crippen LogP contribution is -1.94. The molecule has 0 N–H and O–H groups in total. The Kier molecular flexibility index (Phi) is 2.17. The van der Waals surface area contributed by atoms with Gasteiger partial charge in [0.1, 0.15) is 0 Å². The molecule has 1 heteroatoms. The number of aryl methyl sites for hydroxylation is 1. The molecule has 16 heavy (non-hydrogen) atoms. The van der Waals surface area contributed by atoms with Gasteiger partial charge in [0.2, 0.25) is 0 Å². The van der Waals surface area contributed by atoms with Gasteiger partial charge in [0, 0.05) is 23.5 Å². The van der Waals surface area contributed by atoms with Crippen molar-refractivity contribution in [3.63, 3.8) is 0 Å². The first kappa shape index (κ1) is 9.46. The number of hydrogen-bond acceptors (Lipinski definition) is 0. The van der Waals surface area contributed by atoms with E-state index in [1.54, 1.807) is 0 Å². The predicted molar refractivity (Wildman–Crippen MR) is 69.7 cm³/mol. The van der Waals surface area contributed by atoms with Crippen LogP contribution in [0.1, 0.15) is 13.3 Å². The van der Waals surface area contributed by atoms with Crippen LogP contribution in [0.2, 0.25) is 0 Å². The molecule has 0 radical (unpaired) electrons. The van der Waals surface area contributed by atoms with Crippen molar-refractivity contribution >= 4 is 21.7 Å². The maximum absolute atomic E-state index is 2.36. The van der Waals surface area contributed by atoms with E-state index in [-0.39, 0.29) is 0 Å². The Morgan fingerprint density at radius 3 is 2.62 bits per heavy atom. The summed E-state index contributed by atoms with van der Waals surface area (Å²) in [5, 5.41) is 4.02. The van der Waals surface area contributed by atoms with Crippen LogP contribution in [0.25, 0.3) is 21.7 Å².